The minimum atomic E-state index is -0.338. The first-order valence-corrected chi connectivity index (χ1v) is 12.2. The lowest BCUT2D eigenvalue weighted by Gasteiger charge is -2.20. The van der Waals surface area contributed by atoms with Crippen LogP contribution >= 0.6 is 30.5 Å². The quantitative estimate of drug-likeness (QED) is 0.0985. The van der Waals surface area contributed by atoms with E-state index in [0.29, 0.717) is 25.2 Å². The van der Waals surface area contributed by atoms with Crippen molar-refractivity contribution in [2.45, 2.75) is 63.5 Å². The van der Waals surface area contributed by atoms with Crippen molar-refractivity contribution in [3.63, 3.8) is 0 Å². The Morgan fingerprint density at radius 1 is 1.42 bits per heavy atom. The van der Waals surface area contributed by atoms with E-state index in [1.54, 1.807) is 13.2 Å². The third-order valence-corrected chi connectivity index (χ3v) is 6.79. The van der Waals surface area contributed by atoms with Crippen LogP contribution in [0.2, 0.25) is 0 Å². The molecule has 4 nitrogen and oxygen atoms in total. The van der Waals surface area contributed by atoms with E-state index < -0.39 is 0 Å². The molecule has 6 atom stereocenters. The number of halogens is 1. The summed E-state index contributed by atoms with van der Waals surface area (Å²) in [7, 11) is 3.53. The van der Waals surface area contributed by atoms with E-state index in [0.717, 1.165) is 24.0 Å². The van der Waals surface area contributed by atoms with Crippen LogP contribution in [0, 0.1) is 11.8 Å². The Labute approximate surface area is 199 Å². The highest BCUT2D eigenvalue weighted by atomic mass is 35.5. The molecule has 1 aromatic rings. The zero-order valence-electron chi connectivity index (χ0n) is 19.4. The Morgan fingerprint density at radius 3 is 2.97 bits per heavy atom. The predicted molar refractivity (Wildman–Crippen MR) is 137 cm³/mol. The molecule has 1 saturated carbocycles. The number of rotatable bonds is 14. The summed E-state index contributed by atoms with van der Waals surface area (Å²) in [4.78, 5) is 12.7. The van der Waals surface area contributed by atoms with Crippen LogP contribution in [-0.4, -0.2) is 25.7 Å². The number of benzene rings is 1. The Balaban J connectivity index is 0.00000544. The fraction of sp³-hybridized carbons (Fsp3) is 0.542. The number of allylic oxidation sites excluding steroid dienone is 3. The van der Waals surface area contributed by atoms with Crippen LogP contribution in [0.15, 0.2) is 42.5 Å². The van der Waals surface area contributed by atoms with Crippen molar-refractivity contribution >= 4 is 36.3 Å². The molecular weight excluding hydrogens is 450 g/mol. The van der Waals surface area contributed by atoms with Gasteiger partial charge in [-0.2, -0.15) is 0 Å². The number of ketones is 1. The number of carbonyl (C=O) groups excluding carboxylic acids is 1. The van der Waals surface area contributed by atoms with Gasteiger partial charge in [-0.05, 0) is 49.0 Å². The zero-order chi connectivity index (χ0) is 23.3. The molecule has 2 unspecified atom stereocenters. The largest absolute Gasteiger partial charge is 0.480 e. The zero-order valence-corrected chi connectivity index (χ0v) is 21.3. The van der Waals surface area contributed by atoms with Gasteiger partial charge in [0.05, 0.1) is 23.5 Å². The van der Waals surface area contributed by atoms with E-state index in [1.807, 2.05) is 24.3 Å². The van der Waals surface area contributed by atoms with E-state index in [1.165, 1.54) is 12.8 Å². The maximum atomic E-state index is 12.7. The van der Waals surface area contributed by atoms with Crippen LogP contribution in [-0.2, 0) is 27.1 Å². The van der Waals surface area contributed by atoms with E-state index in [-0.39, 0.29) is 39.9 Å². The van der Waals surface area contributed by atoms with Crippen LogP contribution in [0.1, 0.15) is 51.6 Å². The summed E-state index contributed by atoms with van der Waals surface area (Å²) < 4.78 is 23.7. The monoisotopic (exact) mass is 490 g/mol. The predicted octanol–water partition coefficient (Wildman–Crippen LogP) is 6.47. The first kappa shape index (κ1) is 24.9. The molecule has 0 amide bonds. The van der Waals surface area contributed by atoms with Crippen LogP contribution in [0.3, 0.4) is 0 Å². The van der Waals surface area contributed by atoms with Gasteiger partial charge in [0.2, 0.25) is 0 Å². The Morgan fingerprint density at radius 2 is 2.26 bits per heavy atom. The number of hydrogen-bond donors (Lipinski definition) is 0. The lowest BCUT2D eigenvalue weighted by Crippen LogP contribution is -2.19. The number of carbonyl (C=O) groups is 1. The summed E-state index contributed by atoms with van der Waals surface area (Å²) in [6, 6.07) is 5.68. The third kappa shape index (κ3) is 8.26. The number of methoxy groups -OCH3 is 1. The molecule has 0 aliphatic heterocycles. The fourth-order valence-electron chi connectivity index (χ4n) is 4.07. The summed E-state index contributed by atoms with van der Waals surface area (Å²) >= 11 is 6.65. The first-order chi connectivity index (χ1) is 15.5. The molecule has 1 fully saturated rings. The number of hydrogen-bond acceptors (Lipinski definition) is 4. The van der Waals surface area contributed by atoms with Gasteiger partial charge in [-0.25, -0.2) is 0 Å². The molecule has 31 heavy (non-hydrogen) atoms. The smallest absolute Gasteiger partial charge is 0.159 e. The van der Waals surface area contributed by atoms with Gasteiger partial charge in [-0.15, -0.1) is 11.6 Å². The van der Waals surface area contributed by atoms with Crippen molar-refractivity contribution in [2.24, 2.45) is 11.8 Å². The topological polar surface area (TPSA) is 44.8 Å². The number of alkyl halides is 1. The maximum Gasteiger partial charge on any atom is 0.159 e. The second kappa shape index (κ2) is 14.4. The van der Waals surface area contributed by atoms with Gasteiger partial charge in [0.15, 0.2) is 5.78 Å². The molecule has 7 heteroatoms. The average molecular weight is 491 g/mol. The molecule has 0 radical (unpaired) electrons. The van der Waals surface area contributed by atoms with Crippen LogP contribution < -0.4 is 4.52 Å². The Kier molecular flexibility index (Phi) is 11.6. The van der Waals surface area contributed by atoms with Crippen LogP contribution in [0.5, 0.6) is 5.75 Å². The average Bonchev–Trinajstić information content (AvgIpc) is 3.07. The third-order valence-electron chi connectivity index (χ3n) is 5.73. The molecule has 0 N–H and O–H groups in total. The van der Waals surface area contributed by atoms with Gasteiger partial charge >= 0.3 is 0 Å². The normalized spacial score (nSPS) is 24.6. The summed E-state index contributed by atoms with van der Waals surface area (Å²) in [5.74, 6) is 0.975. The molecule has 0 heterocycles. The van der Waals surface area contributed by atoms with Crippen molar-refractivity contribution in [3.05, 3.63) is 53.6 Å². The summed E-state index contributed by atoms with van der Waals surface area (Å²) in [5, 5.41) is -0.0204. The van der Waals surface area contributed by atoms with Gasteiger partial charge in [-0.3, -0.25) is 4.79 Å². The van der Waals surface area contributed by atoms with Crippen molar-refractivity contribution in [2.75, 3.05) is 7.11 Å². The summed E-state index contributed by atoms with van der Waals surface area (Å²) in [6.45, 7) is 2.60. The van der Waals surface area contributed by atoms with Gasteiger partial charge in [0.1, 0.15) is 5.75 Å². The van der Waals surface area contributed by atoms with E-state index in [9.17, 15) is 4.79 Å². The molecule has 1 aliphatic carbocycles. The fourth-order valence-corrected chi connectivity index (χ4v) is 5.00. The van der Waals surface area contributed by atoms with E-state index in [2.05, 4.69) is 28.5 Å². The molecule has 1 aromatic carbocycles. The van der Waals surface area contributed by atoms with Gasteiger partial charge in [-0.1, -0.05) is 44.1 Å². The number of unbranched alkanes of at least 4 members (excludes halogenated alkanes) is 2. The van der Waals surface area contributed by atoms with Crippen molar-refractivity contribution in [1.82, 2.24) is 0 Å². The molecule has 1 aliphatic rings. The van der Waals surface area contributed by atoms with Crippen LogP contribution in [0.25, 0.3) is 0 Å². The second-order valence-corrected chi connectivity index (χ2v) is 9.03. The minimum Gasteiger partial charge on any atom is -0.480 e. The molecular formula is C24H37ClO4P2. The second-order valence-electron chi connectivity index (χ2n) is 7.99. The van der Waals surface area contributed by atoms with E-state index >= 15 is 0 Å². The number of ether oxygens (including phenoxy) is 1. The first-order valence-electron chi connectivity index (χ1n) is 11.3. The Hall–Kier alpha value is -0.760. The maximum absolute atomic E-state index is 12.7. The SMILES string of the molecule is [3HH].[3H]PO[C@@H]1C[C@@H](Cl)[C@H](C/C=C\CCCC)[C@H]1/C=C/C(=O)Cc1ccc(OP)c(COC)c1. The highest BCUT2D eigenvalue weighted by Crippen LogP contribution is 2.41. The van der Waals surface area contributed by atoms with Crippen molar-refractivity contribution in [3.8, 4) is 5.75 Å². The van der Waals surface area contributed by atoms with Gasteiger partial charge < -0.3 is 13.8 Å². The lowest BCUT2D eigenvalue weighted by molar-refractivity contribution is -0.114. The molecule has 0 spiro atoms. The molecule has 0 saturated heterocycles. The highest BCUT2D eigenvalue weighted by molar-refractivity contribution is 7.10. The molecule has 0 aromatic heterocycles. The lowest BCUT2D eigenvalue weighted by atomic mass is 9.90. The van der Waals surface area contributed by atoms with Crippen molar-refractivity contribution < 1.29 is 20.0 Å². The molecule has 0 bridgehead atoms. The van der Waals surface area contributed by atoms with Gasteiger partial charge in [0, 0.05) is 41.2 Å². The van der Waals surface area contributed by atoms with Gasteiger partial charge in [0.25, 0.3) is 0 Å². The van der Waals surface area contributed by atoms with Crippen molar-refractivity contribution in [1.29, 1.82) is 1.28 Å². The summed E-state index contributed by atoms with van der Waals surface area (Å²) in [6.07, 6.45) is 13.2. The van der Waals surface area contributed by atoms with Crippen LogP contribution in [0.4, 0.5) is 0 Å². The minimum absolute atomic E-state index is 0. The summed E-state index contributed by atoms with van der Waals surface area (Å²) in [5.41, 5.74) is 1.81. The Bertz CT molecular complexity index is 779. The van der Waals surface area contributed by atoms with E-state index in [4.69, 9.17) is 26.7 Å². The molecule has 2 rings (SSSR count). The highest BCUT2D eigenvalue weighted by Gasteiger charge is 2.40. The molecule has 174 valence electrons. The standard InChI is InChI=1S/C24H35ClO4P2.H2/c1-3-4-5-6-7-8-20-21(24(29-31)15-22(20)25)11-10-19(26)14-17-9-12-23(28-30)18(13-17)16-27-2;/h6-7,9-13,20-22,24H,3-5,8,14-16,30-31H2,1-2H3;1H/b7-6-,11-10+;/t20-,21-,22-,24-;/m1./s1/i31T;1+2/t20-,21-,22-,24-,31?;.